The zero-order valence-electron chi connectivity index (χ0n) is 10.9. The van der Waals surface area contributed by atoms with Gasteiger partial charge in [-0.25, -0.2) is 4.98 Å². The van der Waals surface area contributed by atoms with Crippen molar-refractivity contribution in [1.29, 1.82) is 0 Å². The topological polar surface area (TPSA) is 28.2 Å². The van der Waals surface area contributed by atoms with Crippen molar-refractivity contribution in [2.45, 2.75) is 39.3 Å². The molecule has 0 radical (unpaired) electrons. The predicted molar refractivity (Wildman–Crippen MR) is 71.1 cm³/mol. The minimum absolute atomic E-state index is 0.541. The van der Waals surface area contributed by atoms with Crippen molar-refractivity contribution < 1.29 is 0 Å². The molecule has 1 heterocycles. The third-order valence-corrected chi connectivity index (χ3v) is 3.98. The van der Waals surface area contributed by atoms with Gasteiger partial charge in [-0.15, -0.1) is 11.3 Å². The fourth-order valence-corrected chi connectivity index (χ4v) is 2.15. The van der Waals surface area contributed by atoms with Crippen LogP contribution in [0.3, 0.4) is 0 Å². The van der Waals surface area contributed by atoms with Gasteiger partial charge in [-0.05, 0) is 21.0 Å². The van der Waals surface area contributed by atoms with E-state index >= 15 is 0 Å². The molecule has 1 aromatic rings. The van der Waals surface area contributed by atoms with E-state index in [0.717, 1.165) is 13.1 Å². The molecule has 0 aliphatic carbocycles. The van der Waals surface area contributed by atoms with E-state index < -0.39 is 0 Å². The molecule has 0 fully saturated rings. The van der Waals surface area contributed by atoms with Crippen molar-refractivity contribution in [3.05, 3.63) is 16.1 Å². The molecular weight excluding hydrogens is 218 g/mol. The van der Waals surface area contributed by atoms with Crippen LogP contribution in [0.15, 0.2) is 6.20 Å². The quantitative estimate of drug-likeness (QED) is 0.828. The highest BCUT2D eigenvalue weighted by atomic mass is 32.1. The maximum Gasteiger partial charge on any atom is 0.0953 e. The average Bonchev–Trinajstić information content (AvgIpc) is 2.66. The van der Waals surface area contributed by atoms with Gasteiger partial charge in [0.1, 0.15) is 0 Å². The van der Waals surface area contributed by atoms with Gasteiger partial charge >= 0.3 is 0 Å². The molecule has 1 atom stereocenters. The number of hydrogen-bond acceptors (Lipinski definition) is 4. The number of hydrogen-bond donors (Lipinski definition) is 1. The normalized spacial score (nSPS) is 13.7. The number of rotatable bonds is 6. The maximum atomic E-state index is 4.42. The summed E-state index contributed by atoms with van der Waals surface area (Å²) in [5, 5.41) is 4.70. The molecule has 3 nitrogen and oxygen atoms in total. The highest BCUT2D eigenvalue weighted by Crippen LogP contribution is 2.20. The molecule has 16 heavy (non-hydrogen) atoms. The number of thiazole rings is 1. The summed E-state index contributed by atoms with van der Waals surface area (Å²) in [6, 6.07) is 0.567. The van der Waals surface area contributed by atoms with E-state index in [1.54, 1.807) is 0 Å². The van der Waals surface area contributed by atoms with Crippen LogP contribution < -0.4 is 5.32 Å². The van der Waals surface area contributed by atoms with Crippen LogP contribution in [-0.4, -0.2) is 36.6 Å². The van der Waals surface area contributed by atoms with Crippen LogP contribution in [-0.2, 0) is 6.54 Å². The van der Waals surface area contributed by atoms with E-state index in [-0.39, 0.29) is 0 Å². The molecule has 0 aromatic carbocycles. The van der Waals surface area contributed by atoms with Crippen molar-refractivity contribution in [2.24, 2.45) is 0 Å². The highest BCUT2D eigenvalue weighted by molar-refractivity contribution is 7.11. The molecule has 0 saturated heterocycles. The van der Waals surface area contributed by atoms with Crippen molar-refractivity contribution >= 4 is 11.3 Å². The fraction of sp³-hybridized carbons (Fsp3) is 0.750. The molecule has 4 heteroatoms. The first-order valence-electron chi connectivity index (χ1n) is 5.82. The second-order valence-electron chi connectivity index (χ2n) is 4.76. The molecule has 1 unspecified atom stereocenters. The van der Waals surface area contributed by atoms with Gasteiger partial charge < -0.3 is 10.2 Å². The first-order valence-corrected chi connectivity index (χ1v) is 6.64. The van der Waals surface area contributed by atoms with E-state index in [2.05, 4.69) is 50.1 Å². The smallest absolute Gasteiger partial charge is 0.0953 e. The Hall–Kier alpha value is -0.450. The molecule has 0 saturated carbocycles. The summed E-state index contributed by atoms with van der Waals surface area (Å²) in [4.78, 5) is 7.97. The van der Waals surface area contributed by atoms with Gasteiger partial charge in [0.15, 0.2) is 0 Å². The minimum atomic E-state index is 0.541. The van der Waals surface area contributed by atoms with Crippen LogP contribution in [0.2, 0.25) is 0 Å². The van der Waals surface area contributed by atoms with Crippen molar-refractivity contribution in [3.63, 3.8) is 0 Å². The van der Waals surface area contributed by atoms with Crippen LogP contribution in [0.25, 0.3) is 0 Å². The average molecular weight is 241 g/mol. The van der Waals surface area contributed by atoms with E-state index in [4.69, 9.17) is 0 Å². The Morgan fingerprint density at radius 2 is 2.06 bits per heavy atom. The zero-order valence-corrected chi connectivity index (χ0v) is 11.8. The number of nitrogens with zero attached hydrogens (tertiary/aromatic N) is 2. The predicted octanol–water partition coefficient (Wildman–Crippen LogP) is 2.31. The Kier molecular flexibility index (Phi) is 5.38. The number of nitrogens with one attached hydrogen (secondary N) is 1. The van der Waals surface area contributed by atoms with Gasteiger partial charge in [-0.3, -0.25) is 0 Å². The summed E-state index contributed by atoms with van der Waals surface area (Å²) in [5.41, 5.74) is 0. The molecule has 1 N–H and O–H groups in total. The van der Waals surface area contributed by atoms with Gasteiger partial charge in [-0.1, -0.05) is 13.8 Å². The van der Waals surface area contributed by atoms with Gasteiger partial charge in [-0.2, -0.15) is 0 Å². The summed E-state index contributed by atoms with van der Waals surface area (Å²) in [6.07, 6.45) is 1.99. The Labute approximate surface area is 103 Å². The van der Waals surface area contributed by atoms with Gasteiger partial charge in [0.05, 0.1) is 5.01 Å². The summed E-state index contributed by atoms with van der Waals surface area (Å²) >= 11 is 1.81. The summed E-state index contributed by atoms with van der Waals surface area (Å²) in [7, 11) is 4.21. The Morgan fingerprint density at radius 3 is 2.56 bits per heavy atom. The lowest BCUT2D eigenvalue weighted by molar-refractivity contribution is 0.303. The maximum absolute atomic E-state index is 4.42. The summed E-state index contributed by atoms with van der Waals surface area (Å²) in [5.74, 6) is 0.541. The molecule has 0 spiro atoms. The molecule has 0 bridgehead atoms. The standard InChI is InChI=1S/C12H23N3S/c1-9(2)12-14-8-11(16-12)7-13-6-10(3)15(4)5/h8-10,13H,6-7H2,1-5H3. The molecule has 0 aliphatic heterocycles. The lowest BCUT2D eigenvalue weighted by Crippen LogP contribution is -2.34. The largest absolute Gasteiger partial charge is 0.310 e. The Balaban J connectivity index is 2.32. The van der Waals surface area contributed by atoms with Crippen molar-refractivity contribution in [3.8, 4) is 0 Å². The van der Waals surface area contributed by atoms with Crippen LogP contribution in [0.1, 0.15) is 36.6 Å². The third-order valence-electron chi connectivity index (χ3n) is 2.69. The minimum Gasteiger partial charge on any atom is -0.310 e. The monoisotopic (exact) mass is 241 g/mol. The summed E-state index contributed by atoms with van der Waals surface area (Å²) in [6.45, 7) is 8.54. The fourth-order valence-electron chi connectivity index (χ4n) is 1.26. The molecule has 1 aromatic heterocycles. The number of likely N-dealkylation sites (N-methyl/N-ethyl adjacent to an activating group) is 1. The van der Waals surface area contributed by atoms with Gasteiger partial charge in [0, 0.05) is 36.1 Å². The van der Waals surface area contributed by atoms with Crippen molar-refractivity contribution in [1.82, 2.24) is 15.2 Å². The first-order chi connectivity index (χ1) is 7.50. The third kappa shape index (κ3) is 4.20. The molecule has 0 aliphatic rings. The summed E-state index contributed by atoms with van der Waals surface area (Å²) < 4.78 is 0. The first kappa shape index (κ1) is 13.6. The Morgan fingerprint density at radius 1 is 1.38 bits per heavy atom. The van der Waals surface area contributed by atoms with Crippen molar-refractivity contribution in [2.75, 3.05) is 20.6 Å². The Bertz CT molecular complexity index is 307. The number of aromatic nitrogens is 1. The van der Waals surface area contributed by atoms with Gasteiger partial charge in [0.25, 0.3) is 0 Å². The molecule has 92 valence electrons. The van der Waals surface area contributed by atoms with Crippen LogP contribution >= 0.6 is 11.3 Å². The highest BCUT2D eigenvalue weighted by Gasteiger charge is 2.07. The van der Waals surface area contributed by atoms with Crippen LogP contribution in [0.5, 0.6) is 0 Å². The van der Waals surface area contributed by atoms with Crippen LogP contribution in [0.4, 0.5) is 0 Å². The second-order valence-corrected chi connectivity index (χ2v) is 5.91. The zero-order chi connectivity index (χ0) is 12.1. The van der Waals surface area contributed by atoms with E-state index in [1.807, 2.05) is 17.5 Å². The lowest BCUT2D eigenvalue weighted by Gasteiger charge is -2.19. The molecular formula is C12H23N3S. The van der Waals surface area contributed by atoms with E-state index in [1.165, 1.54) is 9.88 Å². The second kappa shape index (κ2) is 6.33. The molecule has 1 rings (SSSR count). The molecule has 0 amide bonds. The van der Waals surface area contributed by atoms with E-state index in [9.17, 15) is 0 Å². The van der Waals surface area contributed by atoms with Gasteiger partial charge in [0.2, 0.25) is 0 Å². The lowest BCUT2D eigenvalue weighted by atomic mass is 10.2. The SMILES string of the molecule is CC(C)c1ncc(CNCC(C)N(C)C)s1. The van der Waals surface area contributed by atoms with E-state index in [0.29, 0.717) is 12.0 Å². The van der Waals surface area contributed by atoms with Crippen LogP contribution in [0, 0.1) is 0 Å².